The molecule has 8 nitrogen and oxygen atoms in total. The Morgan fingerprint density at radius 1 is 1.12 bits per heavy atom. The molecular formula is C21H13F3N4O4S. The number of hydrogen-bond donors (Lipinski definition) is 2. The Labute approximate surface area is 187 Å². The van der Waals surface area contributed by atoms with Gasteiger partial charge in [0.1, 0.15) is 11.8 Å². The number of rotatable bonds is 5. The van der Waals surface area contributed by atoms with Crippen molar-refractivity contribution in [2.75, 3.05) is 5.32 Å². The normalized spacial score (nSPS) is 11.4. The number of carboxylic acids is 1. The van der Waals surface area contributed by atoms with Crippen LogP contribution in [0.4, 0.5) is 18.3 Å². The summed E-state index contributed by atoms with van der Waals surface area (Å²) in [5.41, 5.74) is -1.14. The second-order valence-corrected chi connectivity index (χ2v) is 7.74. The zero-order chi connectivity index (χ0) is 23.8. The minimum Gasteiger partial charge on any atom is -0.478 e. The summed E-state index contributed by atoms with van der Waals surface area (Å²) in [4.78, 5) is 35.2. The van der Waals surface area contributed by atoms with Crippen molar-refractivity contribution in [1.29, 1.82) is 0 Å². The average molecular weight is 474 g/mol. The van der Waals surface area contributed by atoms with Gasteiger partial charge in [-0.05, 0) is 24.3 Å². The van der Waals surface area contributed by atoms with Gasteiger partial charge in [0.15, 0.2) is 10.9 Å². The zero-order valence-electron chi connectivity index (χ0n) is 16.7. The number of halogens is 3. The quantitative estimate of drug-likeness (QED) is 0.408. The molecule has 4 aromatic rings. The number of hydrogen-bond acceptors (Lipinski definition) is 7. The SMILES string of the molecule is CC(=O)Nc1nc2c(Oc3cc(-c4ccc(C(F)(F)F)cc4C(=O)O)ncn3)cccc2s1. The molecule has 2 aromatic heterocycles. The molecule has 0 radical (unpaired) electrons. The van der Waals surface area contributed by atoms with Crippen molar-refractivity contribution in [3.63, 3.8) is 0 Å². The number of nitrogens with one attached hydrogen (secondary N) is 1. The molecule has 2 N–H and O–H groups in total. The van der Waals surface area contributed by atoms with Crippen LogP contribution in [0.25, 0.3) is 21.5 Å². The number of para-hydroxylation sites is 1. The molecule has 0 unspecified atom stereocenters. The smallest absolute Gasteiger partial charge is 0.416 e. The third-order valence-electron chi connectivity index (χ3n) is 4.37. The molecule has 1 amide bonds. The summed E-state index contributed by atoms with van der Waals surface area (Å²) in [7, 11) is 0. The Bertz CT molecular complexity index is 1390. The van der Waals surface area contributed by atoms with Crippen LogP contribution in [-0.4, -0.2) is 31.9 Å². The van der Waals surface area contributed by atoms with Crippen molar-refractivity contribution >= 4 is 38.6 Å². The topological polar surface area (TPSA) is 114 Å². The number of amides is 1. The van der Waals surface area contributed by atoms with Gasteiger partial charge in [0.2, 0.25) is 11.8 Å². The Balaban J connectivity index is 1.71. The van der Waals surface area contributed by atoms with Crippen LogP contribution < -0.4 is 10.1 Å². The number of carboxylic acid groups (broad SMARTS) is 1. The fraction of sp³-hybridized carbons (Fsp3) is 0.0952. The number of aromatic nitrogens is 3. The summed E-state index contributed by atoms with van der Waals surface area (Å²) >= 11 is 1.25. The first-order valence-electron chi connectivity index (χ1n) is 9.24. The van der Waals surface area contributed by atoms with E-state index in [1.54, 1.807) is 18.2 Å². The number of alkyl halides is 3. The van der Waals surface area contributed by atoms with Crippen LogP contribution in [0.1, 0.15) is 22.8 Å². The van der Waals surface area contributed by atoms with Gasteiger partial charge in [0.25, 0.3) is 0 Å². The lowest BCUT2D eigenvalue weighted by Gasteiger charge is -2.11. The number of aromatic carboxylic acids is 1. The molecule has 0 spiro atoms. The van der Waals surface area contributed by atoms with E-state index < -0.39 is 23.3 Å². The molecule has 2 heterocycles. The highest BCUT2D eigenvalue weighted by Crippen LogP contribution is 2.36. The summed E-state index contributed by atoms with van der Waals surface area (Å²) in [5, 5.41) is 12.4. The third kappa shape index (κ3) is 4.75. The van der Waals surface area contributed by atoms with Gasteiger partial charge < -0.3 is 15.2 Å². The predicted molar refractivity (Wildman–Crippen MR) is 113 cm³/mol. The predicted octanol–water partition coefficient (Wildman–Crippen LogP) is 5.22. The Hall–Kier alpha value is -4.06. The number of nitrogens with zero attached hydrogens (tertiary/aromatic N) is 3. The Kier molecular flexibility index (Phi) is 5.68. The van der Waals surface area contributed by atoms with Crippen LogP contribution in [0.3, 0.4) is 0 Å². The molecule has 0 aliphatic heterocycles. The molecule has 0 saturated carbocycles. The number of thiazole rings is 1. The number of carbonyl (C=O) groups excluding carboxylic acids is 1. The van der Waals surface area contributed by atoms with E-state index in [9.17, 15) is 27.9 Å². The first-order chi connectivity index (χ1) is 15.6. The maximum Gasteiger partial charge on any atom is 0.416 e. The van der Waals surface area contributed by atoms with Gasteiger partial charge in [-0.25, -0.2) is 19.7 Å². The number of carbonyl (C=O) groups is 2. The van der Waals surface area contributed by atoms with E-state index in [0.29, 0.717) is 22.5 Å². The van der Waals surface area contributed by atoms with Crippen LogP contribution in [0.2, 0.25) is 0 Å². The molecule has 2 aromatic carbocycles. The van der Waals surface area contributed by atoms with Crippen molar-refractivity contribution in [3.8, 4) is 22.9 Å². The maximum atomic E-state index is 13.0. The summed E-state index contributed by atoms with van der Waals surface area (Å²) < 4.78 is 45.6. The van der Waals surface area contributed by atoms with E-state index in [1.807, 2.05) is 0 Å². The summed E-state index contributed by atoms with van der Waals surface area (Å²) in [6.07, 6.45) is -3.58. The van der Waals surface area contributed by atoms with Crippen molar-refractivity contribution in [2.45, 2.75) is 13.1 Å². The highest BCUT2D eigenvalue weighted by atomic mass is 32.1. The maximum absolute atomic E-state index is 13.0. The van der Waals surface area contributed by atoms with Crippen molar-refractivity contribution < 1.29 is 32.6 Å². The molecular weight excluding hydrogens is 461 g/mol. The molecule has 12 heteroatoms. The lowest BCUT2D eigenvalue weighted by atomic mass is 10.0. The second kappa shape index (κ2) is 8.47. The molecule has 0 aliphatic rings. The number of anilines is 1. The summed E-state index contributed by atoms with van der Waals surface area (Å²) in [6, 6.07) is 8.83. The molecule has 0 fully saturated rings. The second-order valence-electron chi connectivity index (χ2n) is 6.71. The van der Waals surface area contributed by atoms with Gasteiger partial charge in [0.05, 0.1) is 21.5 Å². The van der Waals surface area contributed by atoms with E-state index in [2.05, 4.69) is 20.3 Å². The molecule has 168 valence electrons. The highest BCUT2D eigenvalue weighted by Gasteiger charge is 2.32. The minimum atomic E-state index is -4.69. The molecule has 0 atom stereocenters. The highest BCUT2D eigenvalue weighted by molar-refractivity contribution is 7.22. The van der Waals surface area contributed by atoms with Crippen LogP contribution in [0.5, 0.6) is 11.6 Å². The van der Waals surface area contributed by atoms with Gasteiger partial charge in [-0.2, -0.15) is 13.2 Å². The molecule has 0 bridgehead atoms. The number of benzene rings is 2. The van der Waals surface area contributed by atoms with Gasteiger partial charge >= 0.3 is 12.1 Å². The number of ether oxygens (including phenoxy) is 1. The van der Waals surface area contributed by atoms with Crippen molar-refractivity contribution in [2.24, 2.45) is 0 Å². The fourth-order valence-electron chi connectivity index (χ4n) is 2.99. The third-order valence-corrected chi connectivity index (χ3v) is 5.31. The van der Waals surface area contributed by atoms with Gasteiger partial charge in [-0.1, -0.05) is 23.5 Å². The van der Waals surface area contributed by atoms with Crippen LogP contribution in [-0.2, 0) is 11.0 Å². The van der Waals surface area contributed by atoms with Crippen molar-refractivity contribution in [3.05, 3.63) is 59.9 Å². The largest absolute Gasteiger partial charge is 0.478 e. The minimum absolute atomic E-state index is 0.0254. The van der Waals surface area contributed by atoms with E-state index in [1.165, 1.54) is 24.3 Å². The fourth-order valence-corrected chi connectivity index (χ4v) is 3.92. The van der Waals surface area contributed by atoms with Gasteiger partial charge in [0, 0.05) is 18.6 Å². The van der Waals surface area contributed by atoms with E-state index in [4.69, 9.17) is 4.74 Å². The standard InChI is InChI=1S/C21H13F3N4O4S/c1-10(29)27-20-28-18-15(3-2-4-16(18)33-20)32-17-8-14(25-9-26-17)12-6-5-11(21(22,23)24)7-13(12)19(30)31/h2-9H,1H3,(H,30,31)(H,27,28,29). The summed E-state index contributed by atoms with van der Waals surface area (Å²) in [6.45, 7) is 1.36. The van der Waals surface area contributed by atoms with E-state index >= 15 is 0 Å². The Morgan fingerprint density at radius 3 is 2.61 bits per heavy atom. The molecule has 0 aliphatic carbocycles. The molecule has 33 heavy (non-hydrogen) atoms. The average Bonchev–Trinajstić information content (AvgIpc) is 3.15. The van der Waals surface area contributed by atoms with Gasteiger partial charge in [-0.3, -0.25) is 4.79 Å². The van der Waals surface area contributed by atoms with Crippen LogP contribution in [0, 0.1) is 0 Å². The van der Waals surface area contributed by atoms with Crippen molar-refractivity contribution in [1.82, 2.24) is 15.0 Å². The van der Waals surface area contributed by atoms with E-state index in [-0.39, 0.29) is 23.0 Å². The number of fused-ring (bicyclic) bond motifs is 1. The molecule has 0 saturated heterocycles. The Morgan fingerprint density at radius 2 is 1.91 bits per heavy atom. The lowest BCUT2D eigenvalue weighted by Crippen LogP contribution is -2.09. The zero-order valence-corrected chi connectivity index (χ0v) is 17.5. The lowest BCUT2D eigenvalue weighted by molar-refractivity contribution is -0.137. The van der Waals surface area contributed by atoms with Crippen LogP contribution >= 0.6 is 11.3 Å². The monoisotopic (exact) mass is 474 g/mol. The van der Waals surface area contributed by atoms with Gasteiger partial charge in [-0.15, -0.1) is 0 Å². The molecule has 4 rings (SSSR count). The first-order valence-corrected chi connectivity index (χ1v) is 10.1. The van der Waals surface area contributed by atoms with E-state index in [0.717, 1.165) is 23.2 Å². The van der Waals surface area contributed by atoms with Crippen LogP contribution in [0.15, 0.2) is 48.8 Å². The summed E-state index contributed by atoms with van der Waals surface area (Å²) in [5.74, 6) is -1.47. The first kappa shape index (κ1) is 22.1.